The van der Waals surface area contributed by atoms with Gasteiger partial charge in [-0.3, -0.25) is 14.2 Å². The van der Waals surface area contributed by atoms with Crippen LogP contribution >= 0.6 is 11.6 Å². The Labute approximate surface area is 181 Å². The van der Waals surface area contributed by atoms with Gasteiger partial charge in [0.1, 0.15) is 27.9 Å². The summed E-state index contributed by atoms with van der Waals surface area (Å²) >= 11 is 5.70. The zero-order valence-corrected chi connectivity index (χ0v) is 16.2. The third kappa shape index (κ3) is 4.74. The Morgan fingerprint density at radius 1 is 1.00 bits per heavy atom. The van der Waals surface area contributed by atoms with Crippen molar-refractivity contribution in [2.75, 3.05) is 0 Å². The van der Waals surface area contributed by atoms with E-state index in [1.54, 1.807) is 0 Å². The summed E-state index contributed by atoms with van der Waals surface area (Å²) in [6.45, 7) is 0. The predicted octanol–water partition coefficient (Wildman–Crippen LogP) is 4.68. The number of amides is 1. The Morgan fingerprint density at radius 2 is 1.55 bits per heavy atom. The van der Waals surface area contributed by atoms with E-state index >= 15 is 0 Å². The molecule has 1 amide bonds. The molecule has 0 radical (unpaired) electrons. The number of halogens is 10. The lowest BCUT2D eigenvalue weighted by molar-refractivity contribution is -0.255. The van der Waals surface area contributed by atoms with Crippen LogP contribution in [0.3, 0.4) is 0 Å². The number of carbonyl (C=O) groups is 1. The molecule has 3 aromatic rings. The van der Waals surface area contributed by atoms with Crippen molar-refractivity contribution in [3.05, 3.63) is 68.9 Å². The van der Waals surface area contributed by atoms with Gasteiger partial charge in [0.05, 0.1) is 5.39 Å². The molecule has 0 unspecified atom stereocenters. The number of nitrogens with one attached hydrogen (secondary N) is 1. The predicted molar refractivity (Wildman–Crippen MR) is 95.6 cm³/mol. The van der Waals surface area contributed by atoms with Crippen LogP contribution in [0, 0.1) is 17.5 Å². The lowest BCUT2D eigenvalue weighted by atomic mass is 10.1. The van der Waals surface area contributed by atoms with Gasteiger partial charge in [-0.25, -0.2) is 18.2 Å². The molecular weight excluding hydrogens is 497 g/mol. The van der Waals surface area contributed by atoms with Crippen LogP contribution in [0.25, 0.3) is 16.7 Å². The maximum atomic E-state index is 14.3. The average molecular weight is 504 g/mol. The number of fused-ring (bicyclic) bond motifs is 1. The van der Waals surface area contributed by atoms with Crippen LogP contribution in [0.4, 0.5) is 39.5 Å². The van der Waals surface area contributed by atoms with Crippen LogP contribution in [0.1, 0.15) is 10.4 Å². The number of pyridine rings is 2. The van der Waals surface area contributed by atoms with Crippen molar-refractivity contribution in [2.24, 2.45) is 0 Å². The van der Waals surface area contributed by atoms with Crippen LogP contribution in [0.2, 0.25) is 5.15 Å². The second kappa shape index (κ2) is 8.24. The van der Waals surface area contributed by atoms with Crippen molar-refractivity contribution >= 4 is 28.5 Å². The highest BCUT2D eigenvalue weighted by Gasteiger charge is 2.57. The number of alkyl halides is 6. The van der Waals surface area contributed by atoms with Gasteiger partial charge < -0.3 is 5.32 Å². The molecule has 33 heavy (non-hydrogen) atoms. The minimum Gasteiger partial charge on any atom is -0.333 e. The molecule has 3 rings (SSSR count). The highest BCUT2D eigenvalue weighted by Crippen LogP contribution is 2.33. The summed E-state index contributed by atoms with van der Waals surface area (Å²) in [5.41, 5.74) is -4.49. The van der Waals surface area contributed by atoms with E-state index in [2.05, 4.69) is 4.98 Å². The number of carbonyl (C=O) groups excluding carboxylic acids is 1. The summed E-state index contributed by atoms with van der Waals surface area (Å²) in [5.74, 6) is -6.68. The first-order chi connectivity index (χ1) is 15.1. The Kier molecular flexibility index (Phi) is 6.08. The van der Waals surface area contributed by atoms with E-state index in [1.165, 1.54) is 0 Å². The van der Waals surface area contributed by atoms with Crippen molar-refractivity contribution in [1.82, 2.24) is 14.9 Å². The van der Waals surface area contributed by atoms with Crippen molar-refractivity contribution in [1.29, 1.82) is 0 Å². The fourth-order valence-corrected chi connectivity index (χ4v) is 2.98. The van der Waals surface area contributed by atoms with Gasteiger partial charge >= 0.3 is 12.4 Å². The maximum absolute atomic E-state index is 14.3. The van der Waals surface area contributed by atoms with Crippen LogP contribution in [-0.2, 0) is 0 Å². The van der Waals surface area contributed by atoms with Gasteiger partial charge in [0, 0.05) is 18.3 Å². The Bertz CT molecular complexity index is 1280. The van der Waals surface area contributed by atoms with Gasteiger partial charge in [0.25, 0.3) is 5.91 Å². The highest BCUT2D eigenvalue weighted by molar-refractivity contribution is 6.29. The lowest BCUT2D eigenvalue weighted by Crippen LogP contribution is -2.55. The normalized spacial score (nSPS) is 12.5. The zero-order valence-electron chi connectivity index (χ0n) is 15.5. The molecule has 0 aliphatic carbocycles. The highest BCUT2D eigenvalue weighted by atomic mass is 35.5. The third-order valence-corrected chi connectivity index (χ3v) is 4.42. The van der Waals surface area contributed by atoms with Crippen LogP contribution in [-0.4, -0.2) is 33.9 Å². The first kappa shape index (κ1) is 24.4. The number of benzene rings is 1. The molecule has 0 spiro atoms. The molecule has 1 N–H and O–H groups in total. The third-order valence-electron chi connectivity index (χ3n) is 4.21. The molecule has 0 aliphatic rings. The second-order valence-corrected chi connectivity index (χ2v) is 6.84. The van der Waals surface area contributed by atoms with Crippen molar-refractivity contribution < 1.29 is 44.3 Å². The molecule has 5 nitrogen and oxygen atoms in total. The molecular formula is C18H7ClF9N3O2. The smallest absolute Gasteiger partial charge is 0.333 e. The quantitative estimate of drug-likeness (QED) is 0.417. The summed E-state index contributed by atoms with van der Waals surface area (Å²) in [6, 6.07) is -2.08. The SMILES string of the molecule is O=C(NC(C(F)(F)F)C(F)(F)F)c1cn(-c2c(F)cc(F)cc2F)c2nc(Cl)ccc2c1=O. The lowest BCUT2D eigenvalue weighted by Gasteiger charge is -2.24. The number of nitrogens with zero attached hydrogens (tertiary/aromatic N) is 2. The Hall–Kier alpha value is -3.29. The van der Waals surface area contributed by atoms with E-state index in [4.69, 9.17) is 11.6 Å². The van der Waals surface area contributed by atoms with Gasteiger partial charge in [0.2, 0.25) is 11.5 Å². The molecule has 2 heterocycles. The largest absolute Gasteiger partial charge is 0.417 e. The number of hydrogen-bond donors (Lipinski definition) is 1. The molecule has 176 valence electrons. The first-order valence-electron chi connectivity index (χ1n) is 8.42. The van der Waals surface area contributed by atoms with Gasteiger partial charge in [-0.15, -0.1) is 0 Å². The minimum absolute atomic E-state index is 0.204. The van der Waals surface area contributed by atoms with E-state index in [-0.39, 0.29) is 23.5 Å². The minimum atomic E-state index is -5.98. The molecule has 0 atom stereocenters. The topological polar surface area (TPSA) is 64.0 Å². The summed E-state index contributed by atoms with van der Waals surface area (Å²) in [5, 5.41) is -0.311. The fraction of sp³-hybridized carbons (Fsp3) is 0.167. The number of hydrogen-bond acceptors (Lipinski definition) is 3. The Balaban J connectivity index is 2.29. The first-order valence-corrected chi connectivity index (χ1v) is 8.80. The molecule has 15 heteroatoms. The number of aromatic nitrogens is 2. The monoisotopic (exact) mass is 503 g/mol. The second-order valence-electron chi connectivity index (χ2n) is 6.45. The van der Waals surface area contributed by atoms with E-state index in [0.717, 1.165) is 12.1 Å². The summed E-state index contributed by atoms with van der Waals surface area (Å²) in [4.78, 5) is 28.5. The van der Waals surface area contributed by atoms with Crippen LogP contribution < -0.4 is 10.7 Å². The Morgan fingerprint density at radius 3 is 2.06 bits per heavy atom. The molecule has 0 saturated heterocycles. The van der Waals surface area contributed by atoms with Gasteiger partial charge in [-0.05, 0) is 12.1 Å². The van der Waals surface area contributed by atoms with E-state index in [1.807, 2.05) is 0 Å². The summed E-state index contributed by atoms with van der Waals surface area (Å²) in [6.07, 6.45) is -11.7. The average Bonchev–Trinajstić information content (AvgIpc) is 2.65. The maximum Gasteiger partial charge on any atom is 0.417 e. The van der Waals surface area contributed by atoms with E-state index in [0.29, 0.717) is 9.88 Å². The molecule has 2 aromatic heterocycles. The zero-order chi connectivity index (χ0) is 24.9. The van der Waals surface area contributed by atoms with Crippen molar-refractivity contribution in [3.63, 3.8) is 0 Å². The molecule has 0 bridgehead atoms. The van der Waals surface area contributed by atoms with Crippen molar-refractivity contribution in [3.8, 4) is 5.69 Å². The van der Waals surface area contributed by atoms with Crippen LogP contribution in [0.15, 0.2) is 35.3 Å². The molecule has 0 saturated carbocycles. The molecule has 0 aliphatic heterocycles. The van der Waals surface area contributed by atoms with E-state index in [9.17, 15) is 49.1 Å². The summed E-state index contributed by atoms with van der Waals surface area (Å²) < 4.78 is 119. The van der Waals surface area contributed by atoms with Gasteiger partial charge in [-0.2, -0.15) is 26.3 Å². The van der Waals surface area contributed by atoms with Crippen molar-refractivity contribution in [2.45, 2.75) is 18.4 Å². The van der Waals surface area contributed by atoms with E-state index < -0.39 is 69.5 Å². The number of rotatable bonds is 3. The van der Waals surface area contributed by atoms with Crippen LogP contribution in [0.5, 0.6) is 0 Å². The van der Waals surface area contributed by atoms with Gasteiger partial charge in [-0.1, -0.05) is 11.6 Å². The van der Waals surface area contributed by atoms with Gasteiger partial charge in [0.15, 0.2) is 11.6 Å². The standard InChI is InChI=1S/C18H7ClF9N3O2/c19-11-2-1-7-13(32)8(15(33)30-16(17(23,24)25)18(26,27)28)5-31(14(7)29-11)12-9(21)3-6(20)4-10(12)22/h1-5,16H,(H,30,33). The molecule has 1 aromatic carbocycles. The molecule has 0 fully saturated rings. The summed E-state index contributed by atoms with van der Waals surface area (Å²) in [7, 11) is 0. The fourth-order valence-electron chi connectivity index (χ4n) is 2.84.